The molecule has 5 nitrogen and oxygen atoms in total. The molecular formula is C24H22ClN3O2. The number of aryl methyl sites for hydroxylation is 1. The lowest BCUT2D eigenvalue weighted by molar-refractivity contribution is -0.112. The highest BCUT2D eigenvalue weighted by Crippen LogP contribution is 2.28. The van der Waals surface area contributed by atoms with Crippen molar-refractivity contribution >= 4 is 29.3 Å². The van der Waals surface area contributed by atoms with Gasteiger partial charge in [-0.25, -0.2) is 0 Å². The zero-order chi connectivity index (χ0) is 21.8. The Morgan fingerprint density at radius 1 is 1.17 bits per heavy atom. The van der Waals surface area contributed by atoms with Crippen LogP contribution < -0.4 is 10.1 Å². The molecule has 1 N–H and O–H groups in total. The number of hydrogen-bond donors (Lipinski definition) is 1. The van der Waals surface area contributed by atoms with Gasteiger partial charge in [0.1, 0.15) is 17.4 Å². The van der Waals surface area contributed by atoms with Crippen molar-refractivity contribution in [2.45, 2.75) is 20.8 Å². The number of carbonyl (C=O) groups is 1. The highest BCUT2D eigenvalue weighted by atomic mass is 35.5. The number of benzene rings is 2. The third-order valence-electron chi connectivity index (χ3n) is 4.96. The van der Waals surface area contributed by atoms with E-state index in [-0.39, 0.29) is 5.57 Å². The molecule has 152 valence electrons. The number of aromatic nitrogens is 1. The number of rotatable bonds is 5. The van der Waals surface area contributed by atoms with E-state index in [0.29, 0.717) is 16.5 Å². The molecule has 0 atom stereocenters. The molecular weight excluding hydrogens is 398 g/mol. The summed E-state index contributed by atoms with van der Waals surface area (Å²) < 4.78 is 7.19. The fourth-order valence-corrected chi connectivity index (χ4v) is 3.49. The van der Waals surface area contributed by atoms with Gasteiger partial charge in [0.25, 0.3) is 5.91 Å². The standard InChI is InChI=1S/C24H22ClN3O2/c1-15-12-18(17(3)28(15)23-7-5-6-22(25)16(23)2)13-19(14-26)24(29)27-20-8-10-21(30-4)11-9-20/h5-13H,1-4H3,(H,27,29)/b19-13-. The molecule has 6 heteroatoms. The largest absolute Gasteiger partial charge is 0.497 e. The van der Waals surface area contributed by atoms with Crippen LogP contribution >= 0.6 is 11.6 Å². The average Bonchev–Trinajstić information content (AvgIpc) is 3.01. The van der Waals surface area contributed by atoms with Gasteiger partial charge in [-0.05, 0) is 80.4 Å². The Morgan fingerprint density at radius 2 is 1.87 bits per heavy atom. The third kappa shape index (κ3) is 4.24. The van der Waals surface area contributed by atoms with E-state index in [2.05, 4.69) is 9.88 Å². The molecule has 0 saturated carbocycles. The summed E-state index contributed by atoms with van der Waals surface area (Å²) in [6, 6.07) is 16.6. The molecule has 0 aliphatic heterocycles. The molecule has 0 radical (unpaired) electrons. The number of hydrogen-bond acceptors (Lipinski definition) is 3. The van der Waals surface area contributed by atoms with Gasteiger partial charge in [0, 0.05) is 27.8 Å². The summed E-state index contributed by atoms with van der Waals surface area (Å²) in [4.78, 5) is 12.6. The van der Waals surface area contributed by atoms with Gasteiger partial charge in [-0.2, -0.15) is 5.26 Å². The predicted octanol–water partition coefficient (Wildman–Crippen LogP) is 5.61. The maximum atomic E-state index is 12.6. The number of carbonyl (C=O) groups excluding carboxylic acids is 1. The minimum absolute atomic E-state index is 0.0221. The Bertz CT molecular complexity index is 1170. The average molecular weight is 420 g/mol. The van der Waals surface area contributed by atoms with E-state index < -0.39 is 5.91 Å². The third-order valence-corrected chi connectivity index (χ3v) is 5.37. The summed E-state index contributed by atoms with van der Waals surface area (Å²) in [5, 5.41) is 13.0. The Balaban J connectivity index is 1.93. The topological polar surface area (TPSA) is 67.0 Å². The van der Waals surface area contributed by atoms with E-state index in [0.717, 1.165) is 28.2 Å². The molecule has 1 amide bonds. The summed E-state index contributed by atoms with van der Waals surface area (Å²) in [6.07, 6.45) is 1.61. The van der Waals surface area contributed by atoms with Crippen LogP contribution in [0.15, 0.2) is 54.1 Å². The SMILES string of the molecule is COc1ccc(NC(=O)/C(C#N)=C\c2cc(C)n(-c3cccc(Cl)c3C)c2C)cc1. The number of methoxy groups -OCH3 is 1. The number of ether oxygens (including phenoxy) is 1. The predicted molar refractivity (Wildman–Crippen MR) is 120 cm³/mol. The van der Waals surface area contributed by atoms with E-state index >= 15 is 0 Å². The van der Waals surface area contributed by atoms with Gasteiger partial charge in [-0.3, -0.25) is 4.79 Å². The number of nitrogens with one attached hydrogen (secondary N) is 1. The molecule has 30 heavy (non-hydrogen) atoms. The van der Waals surface area contributed by atoms with Crippen molar-refractivity contribution < 1.29 is 9.53 Å². The second-order valence-corrected chi connectivity index (χ2v) is 7.31. The number of nitriles is 1. The van der Waals surface area contributed by atoms with Gasteiger partial charge < -0.3 is 14.6 Å². The highest BCUT2D eigenvalue weighted by Gasteiger charge is 2.15. The lowest BCUT2D eigenvalue weighted by Gasteiger charge is -2.13. The first kappa shape index (κ1) is 21.2. The number of halogens is 1. The van der Waals surface area contributed by atoms with Gasteiger partial charge in [0.05, 0.1) is 7.11 Å². The van der Waals surface area contributed by atoms with Crippen LogP contribution in [-0.2, 0) is 4.79 Å². The number of anilines is 1. The number of amides is 1. The molecule has 2 aromatic carbocycles. The zero-order valence-electron chi connectivity index (χ0n) is 17.3. The van der Waals surface area contributed by atoms with Crippen molar-refractivity contribution in [3.05, 3.63) is 81.6 Å². The summed E-state index contributed by atoms with van der Waals surface area (Å²) in [5.41, 5.74) is 5.25. The van der Waals surface area contributed by atoms with Crippen LogP contribution in [0.25, 0.3) is 11.8 Å². The quantitative estimate of drug-likeness (QED) is 0.431. The molecule has 0 unspecified atom stereocenters. The molecule has 0 bridgehead atoms. The van der Waals surface area contributed by atoms with Crippen molar-refractivity contribution in [3.8, 4) is 17.5 Å². The second-order valence-electron chi connectivity index (χ2n) is 6.90. The molecule has 0 aliphatic rings. The number of nitrogens with zero attached hydrogens (tertiary/aromatic N) is 2. The molecule has 0 fully saturated rings. The molecule has 3 rings (SSSR count). The van der Waals surface area contributed by atoms with E-state index in [4.69, 9.17) is 16.3 Å². The van der Waals surface area contributed by atoms with Crippen LogP contribution in [-0.4, -0.2) is 17.6 Å². The van der Waals surface area contributed by atoms with Crippen molar-refractivity contribution in [1.29, 1.82) is 5.26 Å². The van der Waals surface area contributed by atoms with Crippen molar-refractivity contribution in [1.82, 2.24) is 4.57 Å². The van der Waals surface area contributed by atoms with Crippen molar-refractivity contribution in [2.24, 2.45) is 0 Å². The lowest BCUT2D eigenvalue weighted by Crippen LogP contribution is -2.13. The lowest BCUT2D eigenvalue weighted by atomic mass is 10.1. The summed E-state index contributed by atoms with van der Waals surface area (Å²) >= 11 is 6.29. The van der Waals surface area contributed by atoms with Crippen LogP contribution in [0.4, 0.5) is 5.69 Å². The van der Waals surface area contributed by atoms with E-state index in [1.54, 1.807) is 37.5 Å². The van der Waals surface area contributed by atoms with Crippen LogP contribution in [0, 0.1) is 32.1 Å². The van der Waals surface area contributed by atoms with Gasteiger partial charge in [0.15, 0.2) is 0 Å². The second kappa shape index (κ2) is 8.89. The van der Waals surface area contributed by atoms with Gasteiger partial charge >= 0.3 is 0 Å². The normalized spacial score (nSPS) is 11.1. The Hall–Kier alpha value is -3.49. The van der Waals surface area contributed by atoms with Crippen LogP contribution in [0.5, 0.6) is 5.75 Å². The molecule has 1 heterocycles. The fourth-order valence-electron chi connectivity index (χ4n) is 3.32. The Morgan fingerprint density at radius 3 is 2.50 bits per heavy atom. The van der Waals surface area contributed by atoms with E-state index in [1.165, 1.54) is 0 Å². The summed E-state index contributed by atoms with van der Waals surface area (Å²) in [5.74, 6) is 0.221. The molecule has 0 aliphatic carbocycles. The van der Waals surface area contributed by atoms with Gasteiger partial charge in [-0.1, -0.05) is 17.7 Å². The first-order valence-electron chi connectivity index (χ1n) is 9.37. The minimum atomic E-state index is -0.466. The minimum Gasteiger partial charge on any atom is -0.497 e. The van der Waals surface area contributed by atoms with Crippen molar-refractivity contribution in [2.75, 3.05) is 12.4 Å². The van der Waals surface area contributed by atoms with Crippen molar-refractivity contribution in [3.63, 3.8) is 0 Å². The smallest absolute Gasteiger partial charge is 0.266 e. The van der Waals surface area contributed by atoms with Gasteiger partial charge in [-0.15, -0.1) is 0 Å². The van der Waals surface area contributed by atoms with E-state index in [1.807, 2.05) is 51.1 Å². The monoisotopic (exact) mass is 419 g/mol. The Kier molecular flexibility index (Phi) is 6.29. The Labute approximate surface area is 181 Å². The fraction of sp³-hybridized carbons (Fsp3) is 0.167. The first-order chi connectivity index (χ1) is 14.3. The highest BCUT2D eigenvalue weighted by molar-refractivity contribution is 6.31. The van der Waals surface area contributed by atoms with Crippen LogP contribution in [0.3, 0.4) is 0 Å². The molecule has 0 saturated heterocycles. The summed E-state index contributed by atoms with van der Waals surface area (Å²) in [6.45, 7) is 5.90. The molecule has 0 spiro atoms. The molecule has 3 aromatic rings. The maximum Gasteiger partial charge on any atom is 0.266 e. The zero-order valence-corrected chi connectivity index (χ0v) is 18.0. The van der Waals surface area contributed by atoms with Crippen LogP contribution in [0.2, 0.25) is 5.02 Å². The molecule has 1 aromatic heterocycles. The first-order valence-corrected chi connectivity index (χ1v) is 9.75. The van der Waals surface area contributed by atoms with Gasteiger partial charge in [0.2, 0.25) is 0 Å². The van der Waals surface area contributed by atoms with E-state index in [9.17, 15) is 10.1 Å². The van der Waals surface area contributed by atoms with Crippen LogP contribution in [0.1, 0.15) is 22.5 Å². The summed E-state index contributed by atoms with van der Waals surface area (Å²) in [7, 11) is 1.57. The maximum absolute atomic E-state index is 12.6.